The van der Waals surface area contributed by atoms with Crippen molar-refractivity contribution in [3.8, 4) is 0 Å². The van der Waals surface area contributed by atoms with Gasteiger partial charge in [0.25, 0.3) is 0 Å². The van der Waals surface area contributed by atoms with E-state index < -0.39 is 6.10 Å². The first kappa shape index (κ1) is 10.7. The van der Waals surface area contributed by atoms with Crippen LogP contribution < -0.4 is 5.32 Å². The van der Waals surface area contributed by atoms with Crippen molar-refractivity contribution in [3.05, 3.63) is 41.1 Å². The average Bonchev–Trinajstić information content (AvgIpc) is 2.53. The zero-order valence-corrected chi connectivity index (χ0v) is 9.90. The van der Waals surface area contributed by atoms with Gasteiger partial charge in [0.1, 0.15) is 6.10 Å². The smallest absolute Gasteiger partial charge is 0.109 e. The Morgan fingerprint density at radius 1 is 1.35 bits per heavy atom. The number of nitrogens with zero attached hydrogens (tertiary/aromatic N) is 1. The second kappa shape index (κ2) is 4.09. The molecule has 0 aliphatic carbocycles. The Morgan fingerprint density at radius 3 is 3.06 bits per heavy atom. The fraction of sp³-hybridized carbons (Fsp3) is 0.357. The van der Waals surface area contributed by atoms with Crippen molar-refractivity contribution in [2.45, 2.75) is 19.4 Å². The number of aryl methyl sites for hydroxylation is 1. The molecule has 3 heteroatoms. The molecule has 0 saturated carbocycles. The fourth-order valence-corrected chi connectivity index (χ4v) is 2.58. The zero-order chi connectivity index (χ0) is 11.8. The van der Waals surface area contributed by atoms with Crippen molar-refractivity contribution in [1.82, 2.24) is 10.3 Å². The van der Waals surface area contributed by atoms with Gasteiger partial charge in [-0.05, 0) is 37.1 Å². The molecule has 88 valence electrons. The first-order valence-electron chi connectivity index (χ1n) is 6.04. The molecule has 1 aromatic heterocycles. The summed E-state index contributed by atoms with van der Waals surface area (Å²) in [5.41, 5.74) is 4.30. The molecule has 2 aromatic rings. The highest BCUT2D eigenvalue weighted by Crippen LogP contribution is 2.27. The summed E-state index contributed by atoms with van der Waals surface area (Å²) in [5, 5.41) is 14.5. The summed E-state index contributed by atoms with van der Waals surface area (Å²) in [7, 11) is 0. The lowest BCUT2D eigenvalue weighted by atomic mass is 9.98. The van der Waals surface area contributed by atoms with E-state index >= 15 is 0 Å². The van der Waals surface area contributed by atoms with E-state index in [1.807, 2.05) is 18.2 Å². The van der Waals surface area contributed by atoms with Gasteiger partial charge < -0.3 is 10.4 Å². The number of benzene rings is 1. The van der Waals surface area contributed by atoms with Crippen LogP contribution in [0.2, 0.25) is 0 Å². The molecule has 1 unspecified atom stereocenters. The van der Waals surface area contributed by atoms with E-state index in [0.29, 0.717) is 6.54 Å². The Morgan fingerprint density at radius 2 is 2.18 bits per heavy atom. The van der Waals surface area contributed by atoms with E-state index in [2.05, 4.69) is 23.3 Å². The molecule has 0 spiro atoms. The van der Waals surface area contributed by atoms with Crippen molar-refractivity contribution in [2.75, 3.05) is 13.1 Å². The van der Waals surface area contributed by atoms with Gasteiger partial charge in [0.15, 0.2) is 0 Å². The fourth-order valence-electron chi connectivity index (χ4n) is 2.58. The number of β-amino-alcohol motifs (C(OH)–C–C–N with tert-alkyl or cyclic N) is 1. The number of rotatable bonds is 0. The molecule has 1 aromatic carbocycles. The molecule has 2 heterocycles. The normalized spacial score (nSPS) is 20.0. The van der Waals surface area contributed by atoms with Gasteiger partial charge in [0.05, 0.1) is 11.2 Å². The van der Waals surface area contributed by atoms with Crippen LogP contribution in [-0.4, -0.2) is 23.2 Å². The molecular weight excluding hydrogens is 212 g/mol. The van der Waals surface area contributed by atoms with Crippen LogP contribution >= 0.6 is 0 Å². The third-order valence-electron chi connectivity index (χ3n) is 3.52. The van der Waals surface area contributed by atoms with Crippen molar-refractivity contribution < 1.29 is 5.11 Å². The summed E-state index contributed by atoms with van der Waals surface area (Å²) in [6, 6.07) is 8.13. The lowest BCUT2D eigenvalue weighted by Crippen LogP contribution is -2.20. The second-order valence-corrected chi connectivity index (χ2v) is 4.59. The first-order chi connectivity index (χ1) is 8.27. The van der Waals surface area contributed by atoms with Crippen molar-refractivity contribution in [2.24, 2.45) is 0 Å². The highest BCUT2D eigenvalue weighted by molar-refractivity contribution is 5.83. The van der Waals surface area contributed by atoms with E-state index in [0.717, 1.165) is 24.2 Å². The molecule has 0 radical (unpaired) electrons. The summed E-state index contributed by atoms with van der Waals surface area (Å²) in [6.07, 6.45) is 0.451. The van der Waals surface area contributed by atoms with Gasteiger partial charge in [-0.1, -0.05) is 18.2 Å². The van der Waals surface area contributed by atoms with E-state index in [1.165, 1.54) is 16.5 Å². The molecule has 1 atom stereocenters. The minimum Gasteiger partial charge on any atom is -0.385 e. The van der Waals surface area contributed by atoms with Crippen LogP contribution in [0.3, 0.4) is 0 Å². The summed E-state index contributed by atoms with van der Waals surface area (Å²) < 4.78 is 0. The number of aliphatic hydroxyl groups excluding tert-OH is 1. The van der Waals surface area contributed by atoms with Gasteiger partial charge in [-0.2, -0.15) is 0 Å². The van der Waals surface area contributed by atoms with E-state index in [9.17, 15) is 5.11 Å². The summed E-state index contributed by atoms with van der Waals surface area (Å²) in [6.45, 7) is 3.63. The van der Waals surface area contributed by atoms with Gasteiger partial charge >= 0.3 is 0 Å². The third kappa shape index (κ3) is 1.72. The summed E-state index contributed by atoms with van der Waals surface area (Å²) in [4.78, 5) is 4.63. The molecule has 0 bridgehead atoms. The van der Waals surface area contributed by atoms with Gasteiger partial charge in [-0.3, -0.25) is 0 Å². The van der Waals surface area contributed by atoms with Gasteiger partial charge in [-0.15, -0.1) is 0 Å². The Hall–Kier alpha value is -1.45. The maximum atomic E-state index is 10.1. The molecule has 0 saturated heterocycles. The van der Waals surface area contributed by atoms with Crippen LogP contribution in [0.4, 0.5) is 0 Å². The molecule has 1 aliphatic rings. The molecule has 0 amide bonds. The van der Waals surface area contributed by atoms with Gasteiger partial charge in [0, 0.05) is 11.9 Å². The third-order valence-corrected chi connectivity index (χ3v) is 3.52. The number of hydrogen-bond acceptors (Lipinski definition) is 3. The van der Waals surface area contributed by atoms with Crippen LogP contribution in [0.5, 0.6) is 0 Å². The predicted octanol–water partition coefficient (Wildman–Crippen LogP) is 1.72. The van der Waals surface area contributed by atoms with Crippen molar-refractivity contribution in [1.29, 1.82) is 0 Å². The molecule has 1 aliphatic heterocycles. The minimum atomic E-state index is -0.490. The van der Waals surface area contributed by atoms with E-state index in [4.69, 9.17) is 0 Å². The Kier molecular flexibility index (Phi) is 2.57. The number of fused-ring (bicyclic) bond motifs is 2. The zero-order valence-electron chi connectivity index (χ0n) is 9.90. The lowest BCUT2D eigenvalue weighted by molar-refractivity contribution is 0.173. The standard InChI is InChI=1S/C14H16N2O/c1-9-10-4-2-3-5-12(10)16-14-11(9)6-7-15-8-13(14)17/h2-5,13,15,17H,6-8H2,1H3. The highest BCUT2D eigenvalue weighted by Gasteiger charge is 2.20. The Labute approximate surface area is 100 Å². The number of hydrogen-bond donors (Lipinski definition) is 2. The average molecular weight is 228 g/mol. The van der Waals surface area contributed by atoms with Crippen LogP contribution in [0.15, 0.2) is 24.3 Å². The number of aliphatic hydroxyl groups is 1. The molecular formula is C14H16N2O. The lowest BCUT2D eigenvalue weighted by Gasteiger charge is -2.14. The van der Waals surface area contributed by atoms with Crippen LogP contribution in [0.25, 0.3) is 10.9 Å². The van der Waals surface area contributed by atoms with Crippen molar-refractivity contribution >= 4 is 10.9 Å². The minimum absolute atomic E-state index is 0.490. The SMILES string of the molecule is Cc1c2c(nc3ccccc13)C(O)CNCC2. The summed E-state index contributed by atoms with van der Waals surface area (Å²) >= 11 is 0. The second-order valence-electron chi connectivity index (χ2n) is 4.59. The maximum absolute atomic E-state index is 10.1. The Balaban J connectivity index is 2.31. The molecule has 3 rings (SSSR count). The van der Waals surface area contributed by atoms with Crippen molar-refractivity contribution in [3.63, 3.8) is 0 Å². The quantitative estimate of drug-likeness (QED) is 0.721. The van der Waals surface area contributed by atoms with Gasteiger partial charge in [-0.25, -0.2) is 4.98 Å². The van der Waals surface area contributed by atoms with E-state index in [-0.39, 0.29) is 0 Å². The largest absolute Gasteiger partial charge is 0.385 e. The molecule has 3 nitrogen and oxygen atoms in total. The monoisotopic (exact) mass is 228 g/mol. The maximum Gasteiger partial charge on any atom is 0.109 e. The van der Waals surface area contributed by atoms with Crippen LogP contribution in [0.1, 0.15) is 22.9 Å². The number of aromatic nitrogens is 1. The molecule has 17 heavy (non-hydrogen) atoms. The number of nitrogens with one attached hydrogen (secondary N) is 1. The number of pyridine rings is 1. The topological polar surface area (TPSA) is 45.2 Å². The van der Waals surface area contributed by atoms with E-state index in [1.54, 1.807) is 0 Å². The highest BCUT2D eigenvalue weighted by atomic mass is 16.3. The van der Waals surface area contributed by atoms with Crippen LogP contribution in [0, 0.1) is 6.92 Å². The van der Waals surface area contributed by atoms with Crippen LogP contribution in [-0.2, 0) is 6.42 Å². The number of para-hydroxylation sites is 1. The molecule has 0 fully saturated rings. The first-order valence-corrected chi connectivity index (χ1v) is 6.04. The summed E-state index contributed by atoms with van der Waals surface area (Å²) in [5.74, 6) is 0. The predicted molar refractivity (Wildman–Crippen MR) is 68.0 cm³/mol. The van der Waals surface area contributed by atoms with Gasteiger partial charge in [0.2, 0.25) is 0 Å². The molecule has 2 N–H and O–H groups in total. The Bertz CT molecular complexity index is 565.